The first kappa shape index (κ1) is 24.4. The fraction of sp³-hybridized carbons (Fsp3) is 0.500. The number of anilines is 1. The normalized spacial score (nSPS) is 24.0. The van der Waals surface area contributed by atoms with Gasteiger partial charge in [-0.15, -0.1) is 0 Å². The average Bonchev–Trinajstić information content (AvgIpc) is 3.33. The number of nitrogens with zero attached hydrogens (tertiary/aromatic N) is 1. The van der Waals surface area contributed by atoms with Crippen LogP contribution in [-0.4, -0.2) is 39.4 Å². The van der Waals surface area contributed by atoms with Gasteiger partial charge in [0.15, 0.2) is 0 Å². The van der Waals surface area contributed by atoms with Crippen LogP contribution in [0.15, 0.2) is 54.7 Å². The summed E-state index contributed by atoms with van der Waals surface area (Å²) in [6, 6.07) is 11.6. The van der Waals surface area contributed by atoms with Crippen LogP contribution in [0.25, 0.3) is 0 Å². The number of fused-ring (bicyclic) bond motifs is 3. The van der Waals surface area contributed by atoms with E-state index in [1.807, 2.05) is 30.4 Å². The number of aromatic nitrogens is 1. The van der Waals surface area contributed by atoms with Gasteiger partial charge in [0.05, 0.1) is 12.2 Å². The Morgan fingerprint density at radius 1 is 1.24 bits per heavy atom. The molecule has 2 aliphatic rings. The first-order valence-electron chi connectivity index (χ1n) is 12.6. The van der Waals surface area contributed by atoms with Crippen LogP contribution in [0, 0.1) is 5.92 Å². The standard InChI is InChI=1S/C28H36N2O4/c1-2-3-4-11-20(31)15-16-21-23(32)18-24-27(21)22-12-7-9-19(28(22)34-24)10-8-14-26(33)30-25-13-5-6-17-29-25/h5-7,9,12-13,15-17,20-21,23-24,27,31-32H,2-4,8,10-11,14,18H2,1H3,(H,29,30,33)/t20-,21-,23+,24-,27-/m0/s1. The average molecular weight is 465 g/mol. The van der Waals surface area contributed by atoms with Crippen LogP contribution in [0.1, 0.15) is 68.9 Å². The van der Waals surface area contributed by atoms with Crippen molar-refractivity contribution in [2.24, 2.45) is 5.92 Å². The number of hydrogen-bond acceptors (Lipinski definition) is 5. The van der Waals surface area contributed by atoms with Crippen LogP contribution < -0.4 is 10.1 Å². The molecule has 1 aliphatic heterocycles. The molecule has 182 valence electrons. The fourth-order valence-electron chi connectivity index (χ4n) is 5.20. The summed E-state index contributed by atoms with van der Waals surface area (Å²) < 4.78 is 6.34. The molecule has 2 aromatic rings. The number of aliphatic hydroxyl groups excluding tert-OH is 2. The van der Waals surface area contributed by atoms with Crippen LogP contribution in [0.5, 0.6) is 5.75 Å². The van der Waals surface area contributed by atoms with Crippen LogP contribution in [0.2, 0.25) is 0 Å². The summed E-state index contributed by atoms with van der Waals surface area (Å²) in [5.41, 5.74) is 2.24. The van der Waals surface area contributed by atoms with Gasteiger partial charge in [0.2, 0.25) is 5.91 Å². The van der Waals surface area contributed by atoms with Gasteiger partial charge in [0, 0.05) is 36.4 Å². The van der Waals surface area contributed by atoms with Crippen molar-refractivity contribution in [3.8, 4) is 5.75 Å². The minimum Gasteiger partial charge on any atom is -0.489 e. The van der Waals surface area contributed by atoms with Crippen molar-refractivity contribution in [2.75, 3.05) is 5.32 Å². The quantitative estimate of drug-likeness (QED) is 0.329. The smallest absolute Gasteiger partial charge is 0.225 e. The van der Waals surface area contributed by atoms with Gasteiger partial charge < -0.3 is 20.3 Å². The third kappa shape index (κ3) is 5.86. The molecule has 5 atom stereocenters. The summed E-state index contributed by atoms with van der Waals surface area (Å²) in [4.78, 5) is 16.4. The molecule has 4 rings (SSSR count). The molecule has 0 saturated heterocycles. The van der Waals surface area contributed by atoms with Crippen molar-refractivity contribution >= 4 is 11.7 Å². The van der Waals surface area contributed by atoms with Gasteiger partial charge in [-0.3, -0.25) is 4.79 Å². The van der Waals surface area contributed by atoms with Gasteiger partial charge in [-0.25, -0.2) is 4.98 Å². The number of para-hydroxylation sites is 1. The third-order valence-corrected chi connectivity index (χ3v) is 6.93. The molecule has 34 heavy (non-hydrogen) atoms. The number of benzene rings is 1. The second kappa shape index (κ2) is 11.6. The van der Waals surface area contributed by atoms with Crippen molar-refractivity contribution < 1.29 is 19.7 Å². The van der Waals surface area contributed by atoms with Crippen molar-refractivity contribution in [3.63, 3.8) is 0 Å². The zero-order chi connectivity index (χ0) is 23.9. The maximum atomic E-state index is 12.2. The number of unbranched alkanes of at least 4 members (excludes halogenated alkanes) is 2. The van der Waals surface area contributed by atoms with E-state index in [-0.39, 0.29) is 23.8 Å². The van der Waals surface area contributed by atoms with E-state index in [2.05, 4.69) is 29.4 Å². The lowest BCUT2D eigenvalue weighted by atomic mass is 9.86. The highest BCUT2D eigenvalue weighted by atomic mass is 16.5. The van der Waals surface area contributed by atoms with E-state index in [9.17, 15) is 15.0 Å². The second-order valence-electron chi connectivity index (χ2n) is 9.46. The van der Waals surface area contributed by atoms with Crippen molar-refractivity contribution in [1.29, 1.82) is 0 Å². The van der Waals surface area contributed by atoms with Gasteiger partial charge in [-0.05, 0) is 37.0 Å². The van der Waals surface area contributed by atoms with Gasteiger partial charge in [0.25, 0.3) is 0 Å². The summed E-state index contributed by atoms with van der Waals surface area (Å²) in [6.07, 6.45) is 11.0. The summed E-state index contributed by atoms with van der Waals surface area (Å²) >= 11 is 0. The Hall–Kier alpha value is -2.70. The number of aryl methyl sites for hydroxylation is 1. The number of carbonyl (C=O) groups excluding carboxylic acids is 1. The second-order valence-corrected chi connectivity index (χ2v) is 9.46. The Labute approximate surface area is 202 Å². The zero-order valence-corrected chi connectivity index (χ0v) is 19.9. The summed E-state index contributed by atoms with van der Waals surface area (Å²) in [7, 11) is 0. The van der Waals surface area contributed by atoms with E-state index in [4.69, 9.17) is 4.74 Å². The predicted molar refractivity (Wildman–Crippen MR) is 133 cm³/mol. The summed E-state index contributed by atoms with van der Waals surface area (Å²) in [6.45, 7) is 2.15. The Morgan fingerprint density at radius 2 is 2.12 bits per heavy atom. The van der Waals surface area contributed by atoms with E-state index >= 15 is 0 Å². The van der Waals surface area contributed by atoms with Gasteiger partial charge >= 0.3 is 0 Å². The molecule has 0 spiro atoms. The number of amides is 1. The van der Waals surface area contributed by atoms with Crippen LogP contribution in [0.4, 0.5) is 5.82 Å². The molecule has 2 heterocycles. The third-order valence-electron chi connectivity index (χ3n) is 6.93. The molecule has 1 saturated carbocycles. The number of aliphatic hydroxyl groups is 2. The topological polar surface area (TPSA) is 91.7 Å². The molecule has 6 nitrogen and oxygen atoms in total. The molecular weight excluding hydrogens is 428 g/mol. The Bertz CT molecular complexity index is 978. The number of carbonyl (C=O) groups is 1. The van der Waals surface area contributed by atoms with E-state index in [1.54, 1.807) is 12.3 Å². The highest BCUT2D eigenvalue weighted by Gasteiger charge is 2.48. The first-order valence-corrected chi connectivity index (χ1v) is 12.6. The number of rotatable bonds is 11. The fourth-order valence-corrected chi connectivity index (χ4v) is 5.20. The summed E-state index contributed by atoms with van der Waals surface area (Å²) in [5.74, 6) is 1.46. The maximum absolute atomic E-state index is 12.2. The molecule has 1 amide bonds. The van der Waals surface area contributed by atoms with Gasteiger partial charge in [-0.1, -0.05) is 62.6 Å². The molecule has 1 fully saturated rings. The van der Waals surface area contributed by atoms with E-state index in [1.165, 1.54) is 0 Å². The first-order chi connectivity index (χ1) is 16.6. The Kier molecular flexibility index (Phi) is 8.35. The van der Waals surface area contributed by atoms with Gasteiger partial charge in [0.1, 0.15) is 17.7 Å². The highest BCUT2D eigenvalue weighted by Crippen LogP contribution is 2.52. The van der Waals surface area contributed by atoms with E-state index < -0.39 is 12.2 Å². The zero-order valence-electron chi connectivity index (χ0n) is 19.9. The van der Waals surface area contributed by atoms with E-state index in [0.717, 1.165) is 49.0 Å². The number of hydrogen-bond donors (Lipinski definition) is 3. The minimum atomic E-state index is -0.471. The van der Waals surface area contributed by atoms with Crippen LogP contribution in [-0.2, 0) is 11.2 Å². The highest BCUT2D eigenvalue weighted by molar-refractivity contribution is 5.89. The molecular formula is C28H36N2O4. The lowest BCUT2D eigenvalue weighted by Crippen LogP contribution is -2.17. The lowest BCUT2D eigenvalue weighted by molar-refractivity contribution is -0.116. The molecule has 0 radical (unpaired) electrons. The van der Waals surface area contributed by atoms with Crippen molar-refractivity contribution in [1.82, 2.24) is 4.98 Å². The monoisotopic (exact) mass is 464 g/mol. The van der Waals surface area contributed by atoms with Gasteiger partial charge in [-0.2, -0.15) is 0 Å². The molecule has 6 heteroatoms. The molecule has 1 aromatic carbocycles. The predicted octanol–water partition coefficient (Wildman–Crippen LogP) is 4.77. The Morgan fingerprint density at radius 3 is 2.91 bits per heavy atom. The molecule has 0 bridgehead atoms. The molecule has 3 N–H and O–H groups in total. The Balaban J connectivity index is 1.36. The number of ether oxygens (including phenoxy) is 1. The number of nitrogens with one attached hydrogen (secondary N) is 1. The number of pyridine rings is 1. The van der Waals surface area contributed by atoms with Crippen molar-refractivity contribution in [2.45, 2.75) is 82.5 Å². The largest absolute Gasteiger partial charge is 0.489 e. The van der Waals surface area contributed by atoms with Crippen LogP contribution >= 0.6 is 0 Å². The molecule has 1 aromatic heterocycles. The van der Waals surface area contributed by atoms with E-state index in [0.29, 0.717) is 25.1 Å². The molecule has 1 aliphatic carbocycles. The van der Waals surface area contributed by atoms with Crippen molar-refractivity contribution in [3.05, 3.63) is 65.9 Å². The van der Waals surface area contributed by atoms with Crippen LogP contribution in [0.3, 0.4) is 0 Å². The maximum Gasteiger partial charge on any atom is 0.225 e. The SMILES string of the molecule is CCCCC[C@H](O)C=C[C@@H]1[C@H]2c3cccc(CCCC(=O)Nc4ccccn4)c3O[C@H]2C[C@H]1O. The molecule has 0 unspecified atom stereocenters. The summed E-state index contributed by atoms with van der Waals surface area (Å²) in [5, 5.41) is 23.8. The lowest BCUT2D eigenvalue weighted by Gasteiger charge is -2.18. The minimum absolute atomic E-state index is 0.0464.